The van der Waals surface area contributed by atoms with Crippen LogP contribution in [0.3, 0.4) is 0 Å². The molecule has 2 aromatic heterocycles. The minimum Gasteiger partial charge on any atom is -0.380 e. The second-order valence-electron chi connectivity index (χ2n) is 6.48. The van der Waals surface area contributed by atoms with Gasteiger partial charge in [-0.1, -0.05) is 54.9 Å². The predicted molar refractivity (Wildman–Crippen MR) is 117 cm³/mol. The highest BCUT2D eigenvalue weighted by Gasteiger charge is 2.14. The lowest BCUT2D eigenvalue weighted by atomic mass is 10.1. The molecule has 148 valence electrons. The first-order chi connectivity index (χ1) is 13.7. The van der Waals surface area contributed by atoms with Crippen molar-refractivity contribution in [2.75, 3.05) is 25.5 Å². The normalized spacial score (nSPS) is 11.1. The lowest BCUT2D eigenvalue weighted by Gasteiger charge is -2.07. The van der Waals surface area contributed by atoms with E-state index in [1.165, 1.54) is 17.3 Å². The smallest absolute Gasteiger partial charge is 0.230 e. The van der Waals surface area contributed by atoms with E-state index in [9.17, 15) is 4.79 Å². The van der Waals surface area contributed by atoms with E-state index >= 15 is 0 Å². The molecule has 1 aromatic carbocycles. The Morgan fingerprint density at radius 3 is 2.82 bits per heavy atom. The molecular weight excluding hydrogens is 390 g/mol. The lowest BCUT2D eigenvalue weighted by molar-refractivity contribution is -0.118. The van der Waals surface area contributed by atoms with Crippen molar-refractivity contribution in [3.05, 3.63) is 41.5 Å². The molecule has 3 rings (SSSR count). The maximum absolute atomic E-state index is 12.1. The fourth-order valence-electron chi connectivity index (χ4n) is 2.70. The van der Waals surface area contributed by atoms with Crippen LogP contribution in [0.4, 0.5) is 0 Å². The molecule has 7 heteroatoms. The topological polar surface area (TPSA) is 64.1 Å². The molecular formula is C21H25N3O2S2. The zero-order valence-electron chi connectivity index (χ0n) is 16.2. The molecule has 0 saturated carbocycles. The number of nitrogens with zero attached hydrogens (tertiary/aromatic N) is 2. The number of fused-ring (bicyclic) bond motifs is 1. The van der Waals surface area contributed by atoms with Crippen molar-refractivity contribution in [2.24, 2.45) is 0 Å². The molecule has 0 aliphatic heterocycles. The van der Waals surface area contributed by atoms with Crippen LogP contribution in [0.1, 0.15) is 25.3 Å². The number of benzene rings is 1. The Morgan fingerprint density at radius 2 is 2.04 bits per heavy atom. The number of amides is 1. The monoisotopic (exact) mass is 415 g/mol. The lowest BCUT2D eigenvalue weighted by Crippen LogP contribution is -2.28. The number of aromatic nitrogens is 2. The number of aryl methyl sites for hydroxylation is 1. The summed E-state index contributed by atoms with van der Waals surface area (Å²) in [4.78, 5) is 21.9. The van der Waals surface area contributed by atoms with E-state index in [1.54, 1.807) is 17.7 Å². The van der Waals surface area contributed by atoms with Crippen LogP contribution in [0.2, 0.25) is 0 Å². The zero-order chi connectivity index (χ0) is 19.8. The Hall–Kier alpha value is -1.96. The molecule has 0 unspecified atom stereocenters. The van der Waals surface area contributed by atoms with Crippen LogP contribution in [0.15, 0.2) is 41.0 Å². The largest absolute Gasteiger partial charge is 0.380 e. The fourth-order valence-corrected chi connectivity index (χ4v) is 4.52. The van der Waals surface area contributed by atoms with Crippen molar-refractivity contribution >= 4 is 39.2 Å². The van der Waals surface area contributed by atoms with Gasteiger partial charge in [0.1, 0.15) is 16.2 Å². The van der Waals surface area contributed by atoms with E-state index in [0.717, 1.165) is 45.8 Å². The van der Waals surface area contributed by atoms with Gasteiger partial charge in [-0.05, 0) is 18.9 Å². The van der Waals surface area contributed by atoms with Crippen LogP contribution < -0.4 is 5.32 Å². The van der Waals surface area contributed by atoms with Gasteiger partial charge >= 0.3 is 0 Å². The predicted octanol–water partition coefficient (Wildman–Crippen LogP) is 4.69. The molecule has 3 aromatic rings. The van der Waals surface area contributed by atoms with Crippen molar-refractivity contribution in [1.29, 1.82) is 0 Å². The van der Waals surface area contributed by atoms with Crippen LogP contribution >= 0.6 is 23.1 Å². The third-order valence-electron chi connectivity index (χ3n) is 4.25. The summed E-state index contributed by atoms with van der Waals surface area (Å²) in [6.07, 6.45) is 3.74. The van der Waals surface area contributed by atoms with E-state index in [-0.39, 0.29) is 5.91 Å². The van der Waals surface area contributed by atoms with E-state index < -0.39 is 0 Å². The number of thiophene rings is 1. The fraction of sp³-hybridized carbons (Fsp3) is 0.381. The van der Waals surface area contributed by atoms with Crippen LogP contribution in [0.25, 0.3) is 21.3 Å². The first-order valence-corrected chi connectivity index (χ1v) is 11.3. The Balaban J connectivity index is 1.63. The second kappa shape index (κ2) is 10.5. The number of carbonyl (C=O) groups excluding carboxylic acids is 1. The highest BCUT2D eigenvalue weighted by molar-refractivity contribution is 8.00. The second-order valence-corrected chi connectivity index (χ2v) is 8.30. The van der Waals surface area contributed by atoms with E-state index in [1.807, 2.05) is 0 Å². The summed E-state index contributed by atoms with van der Waals surface area (Å²) in [6.45, 7) is 6.04. The summed E-state index contributed by atoms with van der Waals surface area (Å²) in [5.74, 6) is 0.313. The van der Waals surface area contributed by atoms with E-state index in [4.69, 9.17) is 4.74 Å². The van der Waals surface area contributed by atoms with Crippen LogP contribution in [0, 0.1) is 6.92 Å². The van der Waals surface area contributed by atoms with Crippen molar-refractivity contribution in [1.82, 2.24) is 15.3 Å². The number of rotatable bonds is 10. The molecule has 0 saturated heterocycles. The quantitative estimate of drug-likeness (QED) is 0.296. The first-order valence-electron chi connectivity index (χ1n) is 9.45. The number of hydrogen-bond acceptors (Lipinski definition) is 6. The van der Waals surface area contributed by atoms with Gasteiger partial charge in [0.25, 0.3) is 0 Å². The zero-order valence-corrected chi connectivity index (χ0v) is 17.9. The van der Waals surface area contributed by atoms with Crippen LogP contribution in [0.5, 0.6) is 0 Å². The Kier molecular flexibility index (Phi) is 7.82. The summed E-state index contributed by atoms with van der Waals surface area (Å²) in [6, 6.07) is 8.43. The van der Waals surface area contributed by atoms with Gasteiger partial charge in [0.15, 0.2) is 0 Å². The Morgan fingerprint density at radius 1 is 1.21 bits per heavy atom. The molecule has 5 nitrogen and oxygen atoms in total. The highest BCUT2D eigenvalue weighted by Crippen LogP contribution is 2.37. The highest BCUT2D eigenvalue weighted by atomic mass is 32.2. The molecule has 0 aliphatic carbocycles. The average Bonchev–Trinajstić information content (AvgIpc) is 3.14. The molecule has 1 amide bonds. The van der Waals surface area contributed by atoms with E-state index in [2.05, 4.69) is 58.8 Å². The summed E-state index contributed by atoms with van der Waals surface area (Å²) < 4.78 is 5.47. The number of hydrogen-bond donors (Lipinski definition) is 1. The van der Waals surface area contributed by atoms with Gasteiger partial charge in [-0.3, -0.25) is 4.79 Å². The number of carbonyl (C=O) groups is 1. The minimum atomic E-state index is -0.0111. The molecule has 0 bridgehead atoms. The van der Waals surface area contributed by atoms with Gasteiger partial charge < -0.3 is 10.1 Å². The third-order valence-corrected chi connectivity index (χ3v) is 6.12. The Bertz CT molecular complexity index is 910. The third kappa shape index (κ3) is 5.53. The van der Waals surface area contributed by atoms with Gasteiger partial charge in [-0.2, -0.15) is 0 Å². The van der Waals surface area contributed by atoms with Crippen molar-refractivity contribution < 1.29 is 9.53 Å². The summed E-state index contributed by atoms with van der Waals surface area (Å²) in [7, 11) is 0. The Labute approximate surface area is 173 Å². The summed E-state index contributed by atoms with van der Waals surface area (Å²) in [5.41, 5.74) is 3.49. The number of ether oxygens (including phenoxy) is 1. The summed E-state index contributed by atoms with van der Waals surface area (Å²) in [5, 5.41) is 6.88. The van der Waals surface area contributed by atoms with Gasteiger partial charge in [-0.25, -0.2) is 9.97 Å². The molecule has 0 atom stereocenters. The van der Waals surface area contributed by atoms with Crippen LogP contribution in [-0.2, 0) is 9.53 Å². The number of nitrogens with one attached hydrogen (secondary N) is 1. The van der Waals surface area contributed by atoms with Crippen molar-refractivity contribution in [3.63, 3.8) is 0 Å². The molecule has 0 spiro atoms. The standard InChI is InChI=1S/C21H25N3O2S2/c1-3-4-10-26-11-9-22-18(25)13-28-21-19-17(12-27-20(19)23-14-24-21)16-7-5-15(2)6-8-16/h5-8,12,14H,3-4,9-11,13H2,1-2H3,(H,22,25). The van der Waals surface area contributed by atoms with Gasteiger partial charge in [0.05, 0.1) is 17.7 Å². The van der Waals surface area contributed by atoms with Crippen molar-refractivity contribution in [2.45, 2.75) is 31.7 Å². The van der Waals surface area contributed by atoms with Gasteiger partial charge in [-0.15, -0.1) is 11.3 Å². The molecule has 28 heavy (non-hydrogen) atoms. The van der Waals surface area contributed by atoms with Gasteiger partial charge in [0, 0.05) is 24.1 Å². The maximum Gasteiger partial charge on any atom is 0.230 e. The number of unbranched alkanes of at least 4 members (excludes halogenated alkanes) is 1. The summed E-state index contributed by atoms with van der Waals surface area (Å²) >= 11 is 3.05. The number of thioether (sulfide) groups is 1. The minimum absolute atomic E-state index is 0.0111. The molecule has 2 heterocycles. The van der Waals surface area contributed by atoms with E-state index in [0.29, 0.717) is 18.9 Å². The van der Waals surface area contributed by atoms with Gasteiger partial charge in [0.2, 0.25) is 5.91 Å². The maximum atomic E-state index is 12.1. The first kappa shape index (κ1) is 20.8. The molecule has 0 fully saturated rings. The molecule has 0 radical (unpaired) electrons. The molecule has 1 N–H and O–H groups in total. The van der Waals surface area contributed by atoms with Crippen LogP contribution in [-0.4, -0.2) is 41.4 Å². The molecule has 0 aliphatic rings. The van der Waals surface area contributed by atoms with Crippen molar-refractivity contribution in [3.8, 4) is 11.1 Å². The average molecular weight is 416 g/mol. The SMILES string of the molecule is CCCCOCCNC(=O)CSc1ncnc2scc(-c3ccc(C)cc3)c12.